The molecule has 0 fully saturated rings. The monoisotopic (exact) mass is 485 g/mol. The molecule has 170 valence electrons. The number of hydrogen-bond donors (Lipinski definition) is 1. The number of rotatable bonds is 8. The van der Waals surface area contributed by atoms with Gasteiger partial charge in [0.25, 0.3) is 0 Å². The van der Waals surface area contributed by atoms with Crippen molar-refractivity contribution in [3.63, 3.8) is 0 Å². The van der Waals surface area contributed by atoms with Gasteiger partial charge in [-0.2, -0.15) is 9.82 Å². The van der Waals surface area contributed by atoms with Crippen LogP contribution >= 0.6 is 11.3 Å². The second-order valence-corrected chi connectivity index (χ2v) is 10.5. The molecule has 0 aliphatic carbocycles. The van der Waals surface area contributed by atoms with Gasteiger partial charge < -0.3 is 0 Å². The van der Waals surface area contributed by atoms with Gasteiger partial charge in [0.15, 0.2) is 0 Å². The van der Waals surface area contributed by atoms with Crippen molar-refractivity contribution in [2.75, 3.05) is 0 Å². The second-order valence-electron chi connectivity index (χ2n) is 7.88. The van der Waals surface area contributed by atoms with E-state index >= 15 is 0 Å². The first-order valence-electron chi connectivity index (χ1n) is 10.9. The van der Waals surface area contributed by atoms with Crippen LogP contribution in [0.4, 0.5) is 0 Å². The number of thiophene rings is 1. The summed E-state index contributed by atoms with van der Waals surface area (Å²) < 4.78 is 32.3. The molecule has 0 saturated carbocycles. The smallest absolute Gasteiger partial charge is 0.245 e. The molecule has 2 aromatic heterocycles. The minimum Gasteiger partial charge on any atom is -0.266 e. The van der Waals surface area contributed by atoms with E-state index in [1.54, 1.807) is 10.9 Å². The number of nitrogens with zero attached hydrogens (tertiary/aromatic N) is 2. The van der Waals surface area contributed by atoms with Crippen LogP contribution in [0.3, 0.4) is 0 Å². The molecule has 3 aromatic carbocycles. The maximum Gasteiger partial charge on any atom is 0.245 e. The molecule has 0 aliphatic rings. The van der Waals surface area contributed by atoms with Crippen LogP contribution in [0.15, 0.2) is 120 Å². The van der Waals surface area contributed by atoms with Crippen molar-refractivity contribution < 1.29 is 8.42 Å². The van der Waals surface area contributed by atoms with Gasteiger partial charge in [0, 0.05) is 6.20 Å². The Balaban J connectivity index is 1.56. The molecule has 1 N–H and O–H groups in total. The van der Waals surface area contributed by atoms with Gasteiger partial charge in [-0.3, -0.25) is 4.68 Å². The highest BCUT2D eigenvalue weighted by Gasteiger charge is 2.28. The largest absolute Gasteiger partial charge is 0.266 e. The lowest BCUT2D eigenvalue weighted by atomic mass is 10.00. The third-order valence-corrected chi connectivity index (χ3v) is 7.80. The number of benzene rings is 3. The summed E-state index contributed by atoms with van der Waals surface area (Å²) in [5, 5.41) is 6.60. The Labute approximate surface area is 203 Å². The van der Waals surface area contributed by atoms with Gasteiger partial charge in [-0.25, -0.2) is 8.42 Å². The molecule has 0 saturated heterocycles. The Kier molecular flexibility index (Phi) is 6.40. The Bertz CT molecular complexity index is 1410. The van der Waals surface area contributed by atoms with E-state index in [9.17, 15) is 8.42 Å². The quantitative estimate of drug-likeness (QED) is 0.305. The zero-order chi connectivity index (χ0) is 23.4. The third kappa shape index (κ3) is 4.87. The van der Waals surface area contributed by atoms with Crippen molar-refractivity contribution in [2.45, 2.75) is 17.5 Å². The van der Waals surface area contributed by atoms with Gasteiger partial charge in [0.2, 0.25) is 10.0 Å². The fourth-order valence-electron chi connectivity index (χ4n) is 3.87. The van der Waals surface area contributed by atoms with E-state index in [0.717, 1.165) is 21.6 Å². The molecular weight excluding hydrogens is 462 g/mol. The van der Waals surface area contributed by atoms with E-state index in [4.69, 9.17) is 0 Å². The van der Waals surface area contributed by atoms with E-state index < -0.39 is 16.1 Å². The molecule has 0 radical (unpaired) electrons. The molecule has 0 atom stereocenters. The molecule has 0 aliphatic heterocycles. The zero-order valence-electron chi connectivity index (χ0n) is 18.3. The lowest BCUT2D eigenvalue weighted by Crippen LogP contribution is -2.29. The highest BCUT2D eigenvalue weighted by Crippen LogP contribution is 2.32. The summed E-state index contributed by atoms with van der Waals surface area (Å²) in [6.07, 6.45) is 1.62. The highest BCUT2D eigenvalue weighted by molar-refractivity contribution is 7.89. The summed E-state index contributed by atoms with van der Waals surface area (Å²) in [6, 6.07) is 32.3. The first kappa shape index (κ1) is 22.3. The van der Waals surface area contributed by atoms with Gasteiger partial charge >= 0.3 is 0 Å². The van der Waals surface area contributed by atoms with Crippen molar-refractivity contribution in [3.8, 4) is 10.6 Å². The van der Waals surface area contributed by atoms with Crippen LogP contribution in [0.1, 0.15) is 22.7 Å². The molecule has 7 heteroatoms. The fourth-order valence-corrected chi connectivity index (χ4v) is 6.04. The molecule has 5 nitrogen and oxygen atoms in total. The molecule has 0 unspecified atom stereocenters. The van der Waals surface area contributed by atoms with Crippen molar-refractivity contribution >= 4 is 21.4 Å². The molecular formula is C27H23N3O2S2. The average molecular weight is 486 g/mol. The van der Waals surface area contributed by atoms with E-state index in [2.05, 4.69) is 9.82 Å². The van der Waals surface area contributed by atoms with Crippen molar-refractivity contribution in [1.82, 2.24) is 14.5 Å². The normalized spacial score (nSPS) is 11.7. The third-order valence-electron chi connectivity index (χ3n) is 5.50. The number of aromatic nitrogens is 2. The summed E-state index contributed by atoms with van der Waals surface area (Å²) in [7, 11) is -3.91. The van der Waals surface area contributed by atoms with E-state index in [1.165, 1.54) is 11.3 Å². The van der Waals surface area contributed by atoms with Crippen LogP contribution in [-0.2, 0) is 16.6 Å². The molecule has 5 aromatic rings. The first-order chi connectivity index (χ1) is 16.6. The van der Waals surface area contributed by atoms with E-state index in [1.807, 2.05) is 109 Å². The standard InChI is InChI=1S/C27H23N3O2S2/c31-34(32,29-26(22-13-6-2-7-14-22)23-15-8-3-9-16-23)25-20-30(19-21-11-4-1-5-12-21)28-27(25)24-17-10-18-33-24/h1-18,20,26,29H,19H2. The second kappa shape index (κ2) is 9.77. The Morgan fingerprint density at radius 1 is 0.794 bits per heavy atom. The van der Waals surface area contributed by atoms with Crippen LogP contribution in [0.5, 0.6) is 0 Å². The molecule has 0 amide bonds. The summed E-state index contributed by atoms with van der Waals surface area (Å²) in [6.45, 7) is 0.482. The van der Waals surface area contributed by atoms with Crippen LogP contribution in [-0.4, -0.2) is 18.2 Å². The minimum atomic E-state index is -3.91. The van der Waals surface area contributed by atoms with Crippen molar-refractivity contribution in [1.29, 1.82) is 0 Å². The number of nitrogens with one attached hydrogen (secondary N) is 1. The molecule has 0 bridgehead atoms. The van der Waals surface area contributed by atoms with Crippen LogP contribution < -0.4 is 4.72 Å². The fraction of sp³-hybridized carbons (Fsp3) is 0.0741. The molecule has 5 rings (SSSR count). The summed E-state index contributed by atoms with van der Waals surface area (Å²) in [5.74, 6) is 0. The SMILES string of the molecule is O=S(=O)(NC(c1ccccc1)c1ccccc1)c1cn(Cc2ccccc2)nc1-c1cccs1. The predicted octanol–water partition coefficient (Wildman–Crippen LogP) is 5.73. The van der Waals surface area contributed by atoms with Gasteiger partial charge in [-0.05, 0) is 28.1 Å². The summed E-state index contributed by atoms with van der Waals surface area (Å²) in [4.78, 5) is 0.978. The Morgan fingerprint density at radius 2 is 1.38 bits per heavy atom. The van der Waals surface area contributed by atoms with Gasteiger partial charge in [0.05, 0.1) is 17.5 Å². The molecule has 2 heterocycles. The maximum atomic E-state index is 13.8. The number of sulfonamides is 1. The Morgan fingerprint density at radius 3 is 1.94 bits per heavy atom. The maximum absolute atomic E-state index is 13.8. The molecule has 34 heavy (non-hydrogen) atoms. The Hall–Kier alpha value is -3.52. The highest BCUT2D eigenvalue weighted by atomic mass is 32.2. The lowest BCUT2D eigenvalue weighted by Gasteiger charge is -2.19. The zero-order valence-corrected chi connectivity index (χ0v) is 19.9. The van der Waals surface area contributed by atoms with Crippen LogP contribution in [0.25, 0.3) is 10.6 Å². The van der Waals surface area contributed by atoms with Gasteiger partial charge in [0.1, 0.15) is 10.6 Å². The number of hydrogen-bond acceptors (Lipinski definition) is 4. The minimum absolute atomic E-state index is 0.169. The van der Waals surface area contributed by atoms with E-state index in [-0.39, 0.29) is 4.90 Å². The lowest BCUT2D eigenvalue weighted by molar-refractivity contribution is 0.572. The topological polar surface area (TPSA) is 64.0 Å². The molecule has 0 spiro atoms. The predicted molar refractivity (Wildman–Crippen MR) is 136 cm³/mol. The van der Waals surface area contributed by atoms with Crippen LogP contribution in [0.2, 0.25) is 0 Å². The van der Waals surface area contributed by atoms with Crippen molar-refractivity contribution in [2.24, 2.45) is 0 Å². The average Bonchev–Trinajstić information content (AvgIpc) is 3.55. The first-order valence-corrected chi connectivity index (χ1v) is 13.2. The van der Waals surface area contributed by atoms with Gasteiger partial charge in [-0.1, -0.05) is 97.1 Å². The van der Waals surface area contributed by atoms with Crippen LogP contribution in [0, 0.1) is 0 Å². The van der Waals surface area contributed by atoms with Gasteiger partial charge in [-0.15, -0.1) is 11.3 Å². The van der Waals surface area contributed by atoms with E-state index in [0.29, 0.717) is 12.2 Å². The summed E-state index contributed by atoms with van der Waals surface area (Å²) in [5.41, 5.74) is 3.24. The van der Waals surface area contributed by atoms with Crippen molar-refractivity contribution in [3.05, 3.63) is 131 Å². The summed E-state index contributed by atoms with van der Waals surface area (Å²) >= 11 is 1.47.